The van der Waals surface area contributed by atoms with Crippen LogP contribution in [0, 0.1) is 0 Å². The number of rotatable bonds is 4. The molecule has 0 fully saturated rings. The standard InChI is InChI=1S/C14H15N2OSi/c1-18(2)17-14-8-4-3-7-13(14)16-11-12-6-5-9-15-10-12/h3-11H,1-2H3. The van der Waals surface area contributed by atoms with Gasteiger partial charge in [-0.05, 0) is 31.3 Å². The molecule has 0 amide bonds. The first-order valence-corrected chi connectivity index (χ1v) is 8.17. The SMILES string of the molecule is C[Si](C)Oc1ccccc1N=Cc1cccnc1. The molecule has 0 N–H and O–H groups in total. The zero-order valence-corrected chi connectivity index (χ0v) is 11.5. The zero-order chi connectivity index (χ0) is 12.8. The highest BCUT2D eigenvalue weighted by molar-refractivity contribution is 6.49. The lowest BCUT2D eigenvalue weighted by Gasteiger charge is -2.10. The number of nitrogens with zero attached hydrogens (tertiary/aromatic N) is 2. The van der Waals surface area contributed by atoms with E-state index in [9.17, 15) is 0 Å². The zero-order valence-electron chi connectivity index (χ0n) is 10.5. The third kappa shape index (κ3) is 3.53. The maximum atomic E-state index is 5.81. The summed E-state index contributed by atoms with van der Waals surface area (Å²) in [5.74, 6) is 0.844. The van der Waals surface area contributed by atoms with Gasteiger partial charge in [-0.2, -0.15) is 0 Å². The molecule has 18 heavy (non-hydrogen) atoms. The van der Waals surface area contributed by atoms with Crippen molar-refractivity contribution < 1.29 is 4.43 Å². The molecule has 0 atom stereocenters. The second-order valence-corrected chi connectivity index (χ2v) is 6.04. The summed E-state index contributed by atoms with van der Waals surface area (Å²) < 4.78 is 5.81. The monoisotopic (exact) mass is 255 g/mol. The van der Waals surface area contributed by atoms with E-state index in [1.807, 2.05) is 36.4 Å². The molecule has 2 aromatic rings. The quantitative estimate of drug-likeness (QED) is 0.619. The molecule has 0 spiro atoms. The minimum absolute atomic E-state index is 0.777. The van der Waals surface area contributed by atoms with Crippen LogP contribution < -0.4 is 4.43 Å². The molecule has 4 heteroatoms. The molecular weight excluding hydrogens is 240 g/mol. The first kappa shape index (κ1) is 12.5. The van der Waals surface area contributed by atoms with Gasteiger partial charge >= 0.3 is 0 Å². The van der Waals surface area contributed by atoms with Gasteiger partial charge in [-0.1, -0.05) is 18.2 Å². The number of aromatic nitrogens is 1. The molecule has 1 aromatic carbocycles. The molecule has 1 aromatic heterocycles. The molecule has 1 heterocycles. The second kappa shape index (κ2) is 6.12. The molecule has 0 bridgehead atoms. The summed E-state index contributed by atoms with van der Waals surface area (Å²) in [4.78, 5) is 8.51. The minimum atomic E-state index is -0.777. The van der Waals surface area contributed by atoms with Crippen molar-refractivity contribution in [3.63, 3.8) is 0 Å². The molecule has 0 unspecified atom stereocenters. The van der Waals surface area contributed by atoms with Crippen LogP contribution in [0.3, 0.4) is 0 Å². The van der Waals surface area contributed by atoms with Gasteiger partial charge in [0.25, 0.3) is 9.04 Å². The van der Waals surface area contributed by atoms with Gasteiger partial charge < -0.3 is 4.43 Å². The molecule has 91 valence electrons. The van der Waals surface area contributed by atoms with E-state index in [-0.39, 0.29) is 0 Å². The van der Waals surface area contributed by atoms with E-state index in [0.717, 1.165) is 17.0 Å². The van der Waals surface area contributed by atoms with Gasteiger partial charge in [-0.25, -0.2) is 0 Å². The largest absolute Gasteiger partial charge is 0.541 e. The van der Waals surface area contributed by atoms with Gasteiger partial charge in [0.15, 0.2) is 0 Å². The number of aliphatic imine (C=N–C) groups is 1. The molecule has 0 saturated heterocycles. The smallest absolute Gasteiger partial charge is 0.274 e. The molecular formula is C14H15N2OSi. The molecule has 0 saturated carbocycles. The van der Waals surface area contributed by atoms with E-state index in [0.29, 0.717) is 0 Å². The molecule has 1 radical (unpaired) electrons. The van der Waals surface area contributed by atoms with E-state index >= 15 is 0 Å². The Hall–Kier alpha value is -1.94. The fourth-order valence-corrected chi connectivity index (χ4v) is 2.08. The second-order valence-electron chi connectivity index (χ2n) is 4.02. The van der Waals surface area contributed by atoms with Gasteiger partial charge in [-0.3, -0.25) is 9.98 Å². The first-order chi connectivity index (χ1) is 8.75. The Labute approximate surface area is 109 Å². The molecule has 2 rings (SSSR count). The van der Waals surface area contributed by atoms with E-state index < -0.39 is 9.04 Å². The molecule has 0 aliphatic carbocycles. The summed E-state index contributed by atoms with van der Waals surface area (Å²) in [7, 11) is -0.777. The number of pyridine rings is 1. The van der Waals surface area contributed by atoms with Crippen LogP contribution in [0.4, 0.5) is 5.69 Å². The Morgan fingerprint density at radius 1 is 1.17 bits per heavy atom. The molecule has 3 nitrogen and oxygen atoms in total. The van der Waals surface area contributed by atoms with Crippen LogP contribution in [-0.4, -0.2) is 20.2 Å². The maximum Gasteiger partial charge on any atom is 0.274 e. The van der Waals surface area contributed by atoms with Crippen molar-refractivity contribution in [2.75, 3.05) is 0 Å². The van der Waals surface area contributed by atoms with Crippen LogP contribution in [0.15, 0.2) is 53.8 Å². The summed E-state index contributed by atoms with van der Waals surface area (Å²) in [5.41, 5.74) is 1.83. The Morgan fingerprint density at radius 3 is 2.72 bits per heavy atom. The topological polar surface area (TPSA) is 34.5 Å². The fourth-order valence-electron chi connectivity index (χ4n) is 1.47. The highest BCUT2D eigenvalue weighted by Gasteiger charge is 2.04. The predicted octanol–water partition coefficient (Wildman–Crippen LogP) is 3.46. The predicted molar refractivity (Wildman–Crippen MR) is 76.0 cm³/mol. The number of hydrogen-bond acceptors (Lipinski definition) is 3. The highest BCUT2D eigenvalue weighted by atomic mass is 28.3. The van der Waals surface area contributed by atoms with Crippen molar-refractivity contribution in [1.82, 2.24) is 4.98 Å². The summed E-state index contributed by atoms with van der Waals surface area (Å²) in [5, 5.41) is 0. The summed E-state index contributed by atoms with van der Waals surface area (Å²) in [6.07, 6.45) is 5.33. The van der Waals surface area contributed by atoms with E-state index in [4.69, 9.17) is 4.43 Å². The van der Waals surface area contributed by atoms with Gasteiger partial charge in [0.05, 0.1) is 0 Å². The van der Waals surface area contributed by atoms with Crippen molar-refractivity contribution in [3.05, 3.63) is 54.4 Å². The lowest BCUT2D eigenvalue weighted by Crippen LogP contribution is -2.11. The van der Waals surface area contributed by atoms with Crippen molar-refractivity contribution in [3.8, 4) is 5.75 Å². The van der Waals surface area contributed by atoms with E-state index in [1.54, 1.807) is 18.6 Å². The third-order valence-corrected chi connectivity index (χ3v) is 2.84. The normalized spacial score (nSPS) is 11.1. The van der Waals surface area contributed by atoms with E-state index in [2.05, 4.69) is 23.1 Å². The highest BCUT2D eigenvalue weighted by Crippen LogP contribution is 2.27. The van der Waals surface area contributed by atoms with Crippen LogP contribution in [0.25, 0.3) is 0 Å². The number of hydrogen-bond donors (Lipinski definition) is 0. The van der Waals surface area contributed by atoms with Crippen LogP contribution in [0.5, 0.6) is 5.75 Å². The van der Waals surface area contributed by atoms with Crippen LogP contribution >= 0.6 is 0 Å². The summed E-state index contributed by atoms with van der Waals surface area (Å²) in [6, 6.07) is 11.7. The van der Waals surface area contributed by atoms with Gasteiger partial charge in [-0.15, -0.1) is 0 Å². The Balaban J connectivity index is 2.21. The van der Waals surface area contributed by atoms with Crippen LogP contribution in [-0.2, 0) is 0 Å². The minimum Gasteiger partial charge on any atom is -0.541 e. The number of para-hydroxylation sites is 2. The molecule has 0 aliphatic rings. The fraction of sp³-hybridized carbons (Fsp3) is 0.143. The van der Waals surface area contributed by atoms with Crippen LogP contribution in [0.1, 0.15) is 5.56 Å². The third-order valence-electron chi connectivity index (χ3n) is 2.22. The Morgan fingerprint density at radius 2 is 2.00 bits per heavy atom. The average Bonchev–Trinajstić information content (AvgIpc) is 2.38. The van der Waals surface area contributed by atoms with Gasteiger partial charge in [0.1, 0.15) is 11.4 Å². The lowest BCUT2D eigenvalue weighted by atomic mass is 10.3. The number of benzene rings is 1. The first-order valence-electron chi connectivity index (χ1n) is 5.77. The summed E-state index contributed by atoms with van der Waals surface area (Å²) in [6.45, 7) is 4.21. The molecule has 0 aliphatic heterocycles. The Kier molecular flexibility index (Phi) is 4.25. The maximum absolute atomic E-state index is 5.81. The van der Waals surface area contributed by atoms with E-state index in [1.165, 1.54) is 0 Å². The van der Waals surface area contributed by atoms with Crippen LogP contribution in [0.2, 0.25) is 13.1 Å². The van der Waals surface area contributed by atoms with Crippen molar-refractivity contribution in [2.45, 2.75) is 13.1 Å². The van der Waals surface area contributed by atoms with Crippen molar-refractivity contribution in [1.29, 1.82) is 0 Å². The average molecular weight is 255 g/mol. The van der Waals surface area contributed by atoms with Gasteiger partial charge in [0, 0.05) is 24.2 Å². The Bertz CT molecular complexity index is 526. The lowest BCUT2D eigenvalue weighted by molar-refractivity contribution is 0.582. The van der Waals surface area contributed by atoms with Crippen molar-refractivity contribution >= 4 is 20.9 Å². The van der Waals surface area contributed by atoms with Gasteiger partial charge in [0.2, 0.25) is 0 Å². The summed E-state index contributed by atoms with van der Waals surface area (Å²) >= 11 is 0. The van der Waals surface area contributed by atoms with Crippen molar-refractivity contribution in [2.24, 2.45) is 4.99 Å².